The number of rotatable bonds is 5. The van der Waals surface area contributed by atoms with Crippen LogP contribution in [0.5, 0.6) is 0 Å². The molecule has 1 aromatic heterocycles. The van der Waals surface area contributed by atoms with Gasteiger partial charge in [0.2, 0.25) is 15.8 Å². The smallest absolute Gasteiger partial charge is 0.243 e. The van der Waals surface area contributed by atoms with Crippen LogP contribution >= 0.6 is 11.6 Å². The van der Waals surface area contributed by atoms with Crippen LogP contribution < -0.4 is 0 Å². The van der Waals surface area contributed by atoms with Crippen molar-refractivity contribution in [3.63, 3.8) is 0 Å². The van der Waals surface area contributed by atoms with Gasteiger partial charge in [-0.05, 0) is 47.7 Å². The zero-order chi connectivity index (χ0) is 20.4. The molecule has 2 heterocycles. The first-order valence-corrected chi connectivity index (χ1v) is 10.8. The van der Waals surface area contributed by atoms with Crippen LogP contribution in [0.1, 0.15) is 0 Å². The largest absolute Gasteiger partial charge is 0.280 e. The summed E-state index contributed by atoms with van der Waals surface area (Å²) in [4.78, 5) is 3.47. The highest BCUT2D eigenvalue weighted by atomic mass is 35.5. The molecule has 0 atom stereocenters. The molecule has 0 radical (unpaired) electrons. The number of hydrogen-bond acceptors (Lipinski definition) is 6. The van der Waals surface area contributed by atoms with Crippen LogP contribution in [-0.4, -0.2) is 64.0 Å². The molecule has 1 saturated heterocycles. The van der Waals surface area contributed by atoms with Gasteiger partial charge in [-0.15, -0.1) is 15.0 Å². The van der Waals surface area contributed by atoms with Gasteiger partial charge in [-0.2, -0.15) is 4.31 Å². The van der Waals surface area contributed by atoms with Crippen molar-refractivity contribution < 1.29 is 12.8 Å². The Balaban J connectivity index is 1.37. The second kappa shape index (κ2) is 8.15. The van der Waals surface area contributed by atoms with Crippen LogP contribution in [0.4, 0.5) is 4.39 Å². The summed E-state index contributed by atoms with van der Waals surface area (Å²) in [5.41, 5.74) is 0.812. The van der Waals surface area contributed by atoms with E-state index >= 15 is 0 Å². The Bertz CT molecular complexity index is 1100. The number of benzene rings is 2. The molecule has 29 heavy (non-hydrogen) atoms. The molecule has 3 aromatic rings. The highest BCUT2D eigenvalue weighted by Crippen LogP contribution is 2.19. The highest BCUT2D eigenvalue weighted by Gasteiger charge is 2.29. The molecule has 8 nitrogen and oxygen atoms in total. The third-order valence-electron chi connectivity index (χ3n) is 4.65. The Hall–Kier alpha value is -2.40. The first kappa shape index (κ1) is 19.9. The van der Waals surface area contributed by atoms with Crippen molar-refractivity contribution >= 4 is 21.6 Å². The quantitative estimate of drug-likeness (QED) is 0.609. The molecule has 1 fully saturated rings. The van der Waals surface area contributed by atoms with Crippen molar-refractivity contribution in [2.24, 2.45) is 0 Å². The average Bonchev–Trinajstić information content (AvgIpc) is 3.17. The van der Waals surface area contributed by atoms with Gasteiger partial charge in [0.1, 0.15) is 12.5 Å². The van der Waals surface area contributed by atoms with E-state index in [9.17, 15) is 12.8 Å². The first-order valence-electron chi connectivity index (χ1n) is 8.94. The molecule has 0 bridgehead atoms. The van der Waals surface area contributed by atoms with E-state index in [1.165, 1.54) is 27.3 Å². The van der Waals surface area contributed by atoms with Crippen LogP contribution in [0.3, 0.4) is 0 Å². The molecule has 152 valence electrons. The predicted molar refractivity (Wildman–Crippen MR) is 105 cm³/mol. The predicted octanol–water partition coefficient (Wildman–Crippen LogP) is 2.10. The van der Waals surface area contributed by atoms with Crippen molar-refractivity contribution in [1.82, 2.24) is 29.4 Å². The van der Waals surface area contributed by atoms with Crippen molar-refractivity contribution in [2.75, 3.05) is 26.2 Å². The van der Waals surface area contributed by atoms with E-state index in [2.05, 4.69) is 15.4 Å². The van der Waals surface area contributed by atoms with Crippen LogP contribution in [-0.2, 0) is 16.7 Å². The van der Waals surface area contributed by atoms with E-state index < -0.39 is 15.8 Å². The topological polar surface area (TPSA) is 84.2 Å². The van der Waals surface area contributed by atoms with E-state index in [1.54, 1.807) is 12.1 Å². The van der Waals surface area contributed by atoms with Gasteiger partial charge >= 0.3 is 0 Å². The van der Waals surface area contributed by atoms with Gasteiger partial charge in [-0.3, -0.25) is 4.90 Å². The fourth-order valence-corrected chi connectivity index (χ4v) is 4.66. The van der Waals surface area contributed by atoms with Crippen molar-refractivity contribution in [2.45, 2.75) is 11.6 Å². The van der Waals surface area contributed by atoms with Gasteiger partial charge in [0, 0.05) is 36.8 Å². The molecule has 0 amide bonds. The first-order chi connectivity index (χ1) is 13.9. The van der Waals surface area contributed by atoms with E-state index in [0.717, 1.165) is 11.6 Å². The van der Waals surface area contributed by atoms with E-state index in [0.29, 0.717) is 43.7 Å². The molecule has 0 N–H and O–H groups in total. The van der Waals surface area contributed by atoms with Crippen LogP contribution in [0.15, 0.2) is 53.4 Å². The summed E-state index contributed by atoms with van der Waals surface area (Å²) < 4.78 is 40.1. The number of sulfonamides is 1. The maximum absolute atomic E-state index is 13.4. The van der Waals surface area contributed by atoms with Gasteiger partial charge in [-0.25, -0.2) is 12.8 Å². The molecule has 0 spiro atoms. The molecule has 11 heteroatoms. The lowest BCUT2D eigenvalue weighted by molar-refractivity contribution is 0.136. The molecule has 1 aliphatic rings. The average molecular weight is 437 g/mol. The molecule has 0 aliphatic carbocycles. The van der Waals surface area contributed by atoms with E-state index in [4.69, 9.17) is 11.6 Å². The summed E-state index contributed by atoms with van der Waals surface area (Å²) >= 11 is 5.89. The summed E-state index contributed by atoms with van der Waals surface area (Å²) in [5.74, 6) is -0.0764. The maximum atomic E-state index is 13.4. The lowest BCUT2D eigenvalue weighted by Crippen LogP contribution is -2.49. The normalized spacial score (nSPS) is 16.2. The second-order valence-corrected chi connectivity index (χ2v) is 8.99. The van der Waals surface area contributed by atoms with Gasteiger partial charge in [0.05, 0.1) is 4.90 Å². The molecule has 0 saturated carbocycles. The van der Waals surface area contributed by atoms with Crippen molar-refractivity contribution in [3.8, 4) is 11.4 Å². The fourth-order valence-electron chi connectivity index (χ4n) is 3.08. The lowest BCUT2D eigenvalue weighted by atomic mass is 10.2. The van der Waals surface area contributed by atoms with Crippen LogP contribution in [0.2, 0.25) is 5.02 Å². The van der Waals surface area contributed by atoms with Gasteiger partial charge in [0.15, 0.2) is 0 Å². The SMILES string of the molecule is O=S(=O)(c1cccc(F)c1)N1CCN(Cn2nnc(-c3ccc(Cl)cc3)n2)CC1. The summed E-state index contributed by atoms with van der Waals surface area (Å²) in [6.07, 6.45) is 0. The Morgan fingerprint density at radius 3 is 2.45 bits per heavy atom. The lowest BCUT2D eigenvalue weighted by Gasteiger charge is -2.33. The van der Waals surface area contributed by atoms with E-state index in [-0.39, 0.29) is 4.90 Å². The summed E-state index contributed by atoms with van der Waals surface area (Å²) in [7, 11) is -3.71. The van der Waals surface area contributed by atoms with Crippen molar-refractivity contribution in [3.05, 3.63) is 59.4 Å². The Kier molecular flexibility index (Phi) is 5.59. The van der Waals surface area contributed by atoms with Gasteiger partial charge < -0.3 is 0 Å². The number of nitrogens with zero attached hydrogens (tertiary/aromatic N) is 6. The number of piperazine rings is 1. The zero-order valence-electron chi connectivity index (χ0n) is 15.3. The maximum Gasteiger partial charge on any atom is 0.243 e. The van der Waals surface area contributed by atoms with Gasteiger partial charge in [0.25, 0.3) is 0 Å². The minimum absolute atomic E-state index is 0.0310. The molecule has 0 unspecified atom stereocenters. The minimum Gasteiger partial charge on any atom is -0.280 e. The number of aromatic nitrogens is 4. The highest BCUT2D eigenvalue weighted by molar-refractivity contribution is 7.89. The third-order valence-corrected chi connectivity index (χ3v) is 6.79. The van der Waals surface area contributed by atoms with E-state index in [1.807, 2.05) is 17.0 Å². The Morgan fingerprint density at radius 1 is 1.03 bits per heavy atom. The minimum atomic E-state index is -3.71. The standard InChI is InChI=1S/C18H18ClFN6O2S/c19-15-6-4-14(5-7-15)18-21-23-26(22-18)13-24-8-10-25(11-9-24)29(27,28)17-3-1-2-16(20)12-17/h1-7,12H,8-11,13H2. The molecule has 2 aromatic carbocycles. The fraction of sp³-hybridized carbons (Fsp3) is 0.278. The number of tetrazole rings is 1. The van der Waals surface area contributed by atoms with Gasteiger partial charge in [-0.1, -0.05) is 17.7 Å². The summed E-state index contributed by atoms with van der Waals surface area (Å²) in [6.45, 7) is 2.02. The monoisotopic (exact) mass is 436 g/mol. The number of halogens is 2. The molecular weight excluding hydrogens is 419 g/mol. The molecule has 4 rings (SSSR count). The van der Waals surface area contributed by atoms with Crippen LogP contribution in [0.25, 0.3) is 11.4 Å². The number of hydrogen-bond donors (Lipinski definition) is 0. The van der Waals surface area contributed by atoms with Crippen molar-refractivity contribution in [1.29, 1.82) is 0 Å². The summed E-state index contributed by atoms with van der Waals surface area (Å²) in [5, 5.41) is 13.1. The summed E-state index contributed by atoms with van der Waals surface area (Å²) in [6, 6.07) is 12.2. The third kappa shape index (κ3) is 4.45. The Morgan fingerprint density at radius 2 is 1.76 bits per heavy atom. The zero-order valence-corrected chi connectivity index (χ0v) is 16.9. The Labute approximate surface area is 172 Å². The molecule has 1 aliphatic heterocycles. The van der Waals surface area contributed by atoms with Crippen LogP contribution in [0, 0.1) is 5.82 Å². The molecular formula is C18H18ClFN6O2S. The second-order valence-electron chi connectivity index (χ2n) is 6.61.